The molecule has 3 aliphatic heterocycles. The fraction of sp³-hybridized carbons (Fsp3) is 0.804. The molecule has 23 atom stereocenters. The van der Waals surface area contributed by atoms with E-state index >= 15 is 0 Å². The van der Waals surface area contributed by atoms with Gasteiger partial charge in [0.2, 0.25) is 0 Å². The van der Waals surface area contributed by atoms with Crippen LogP contribution in [0.1, 0.15) is 110 Å². The monoisotopic (exact) mass is 961 g/mol. The maximum absolute atomic E-state index is 13.8. The van der Waals surface area contributed by atoms with Crippen LogP contribution in [0.3, 0.4) is 0 Å². The van der Waals surface area contributed by atoms with Crippen molar-refractivity contribution in [2.45, 2.75) is 210 Å². The first kappa shape index (κ1) is 51.7. The largest absolute Gasteiger partial charge is 0.463 e. The number of aliphatic hydroxyl groups excluding tert-OH is 3. The third kappa shape index (κ3) is 9.35. The van der Waals surface area contributed by atoms with Crippen LogP contribution in [0.5, 0.6) is 0 Å². The van der Waals surface area contributed by atoms with Gasteiger partial charge in [-0.1, -0.05) is 43.7 Å². The maximum atomic E-state index is 13.8. The Labute approximate surface area is 400 Å². The molecule has 17 heteroatoms. The minimum Gasteiger partial charge on any atom is -0.463 e. The van der Waals surface area contributed by atoms with Crippen LogP contribution >= 0.6 is 0 Å². The van der Waals surface area contributed by atoms with E-state index in [0.29, 0.717) is 56.9 Å². The molecule has 1 aromatic carbocycles. The number of esters is 2. The molecular weight excluding hydrogens is 885 g/mol. The molecule has 0 unspecified atom stereocenters. The first-order valence-corrected chi connectivity index (χ1v) is 24.7. The number of hydrogen-bond donors (Lipinski definition) is 4. The summed E-state index contributed by atoms with van der Waals surface area (Å²) in [4.78, 5) is 26.0. The number of fused-ring (bicyclic) bond motifs is 5. The van der Waals surface area contributed by atoms with Crippen molar-refractivity contribution >= 4 is 11.9 Å². The van der Waals surface area contributed by atoms with E-state index < -0.39 is 133 Å². The van der Waals surface area contributed by atoms with Crippen molar-refractivity contribution in [2.75, 3.05) is 21.3 Å². The minimum atomic E-state index is -1.43. The predicted molar refractivity (Wildman–Crippen MR) is 242 cm³/mol. The van der Waals surface area contributed by atoms with E-state index in [9.17, 15) is 30.0 Å². The third-order valence-corrected chi connectivity index (χ3v) is 17.4. The lowest BCUT2D eigenvalue weighted by Crippen LogP contribution is -2.69. The Hall–Kier alpha value is -2.62. The summed E-state index contributed by atoms with van der Waals surface area (Å²) in [7, 11) is 4.63. The lowest BCUT2D eigenvalue weighted by atomic mass is 9.44. The van der Waals surface area contributed by atoms with Crippen molar-refractivity contribution in [3.05, 3.63) is 47.5 Å². The smallest absolute Gasteiger partial charge is 0.338 e. The van der Waals surface area contributed by atoms with E-state index in [0.717, 1.165) is 5.57 Å². The molecule has 382 valence electrons. The van der Waals surface area contributed by atoms with Crippen LogP contribution in [0.2, 0.25) is 0 Å². The van der Waals surface area contributed by atoms with Crippen LogP contribution in [-0.2, 0) is 56.9 Å². The number of aliphatic hydroxyl groups is 4. The number of carbonyl (C=O) groups excluding carboxylic acids is 2. The second-order valence-electron chi connectivity index (χ2n) is 21.0. The molecule has 68 heavy (non-hydrogen) atoms. The number of methoxy groups -OCH3 is 3. The summed E-state index contributed by atoms with van der Waals surface area (Å²) >= 11 is 0. The Bertz CT molecular complexity index is 1940. The quantitative estimate of drug-likeness (QED) is 0.159. The summed E-state index contributed by atoms with van der Waals surface area (Å²) in [6, 6.07) is 8.84. The summed E-state index contributed by atoms with van der Waals surface area (Å²) in [5.74, 6) is -2.00. The van der Waals surface area contributed by atoms with Crippen molar-refractivity contribution in [1.82, 2.24) is 0 Å². The zero-order valence-electron chi connectivity index (χ0n) is 41.3. The van der Waals surface area contributed by atoms with Crippen LogP contribution in [0.15, 0.2) is 42.0 Å². The van der Waals surface area contributed by atoms with Gasteiger partial charge in [0.05, 0.1) is 53.9 Å². The van der Waals surface area contributed by atoms with Gasteiger partial charge < -0.3 is 72.5 Å². The molecule has 0 spiro atoms. The summed E-state index contributed by atoms with van der Waals surface area (Å²) in [5, 5.41) is 46.7. The lowest BCUT2D eigenvalue weighted by molar-refractivity contribution is -0.352. The van der Waals surface area contributed by atoms with E-state index in [-0.39, 0.29) is 17.9 Å². The molecule has 4 aliphatic carbocycles. The van der Waals surface area contributed by atoms with Crippen LogP contribution in [-0.4, -0.2) is 164 Å². The normalized spacial score (nSPS) is 47.4. The Morgan fingerprint density at radius 2 is 1.40 bits per heavy atom. The number of rotatable bonds is 13. The SMILES string of the molecule is CO[C@H]1[C@@H](O)[C@H](O[C@H]2[C@@H](OC)C[C@H](O[C@H]3[C@@H](OC)C[C@H](O[C@H]4CC[C@@]5(C)C(=C[C@H](O)[C@@H]6[C@@H]5C[C@@H](OC(=O)c5ccccc5)[C@]5(C)[C@@H]([C@H](C)OC(C)=O)CC[C@]65O)C4)O[C@@H]3C)O[C@@H]2C)O[C@H](C)[C@H]1O. The second-order valence-corrected chi connectivity index (χ2v) is 21.0. The number of carbonyl (C=O) groups is 2. The Balaban J connectivity index is 0.928. The Morgan fingerprint density at radius 1 is 0.765 bits per heavy atom. The highest BCUT2D eigenvalue weighted by Gasteiger charge is 2.73. The van der Waals surface area contributed by atoms with E-state index in [1.165, 1.54) is 14.0 Å². The first-order chi connectivity index (χ1) is 32.3. The molecule has 3 saturated carbocycles. The van der Waals surface area contributed by atoms with Gasteiger partial charge in [-0.2, -0.15) is 0 Å². The average molecular weight is 961 g/mol. The molecule has 3 heterocycles. The second kappa shape index (κ2) is 20.5. The molecule has 8 rings (SSSR count). The predicted octanol–water partition coefficient (Wildman–Crippen LogP) is 4.38. The van der Waals surface area contributed by atoms with E-state index in [2.05, 4.69) is 6.92 Å². The standard InChI is InChI=1S/C51H76O17/c1-25(61-29(5)52)33-17-19-51(57)41-34(22-38(50(33,51)7)66-47(56)30-14-12-11-13-15-30)49(6)18-16-32(20-31(49)21-35(41)53)65-39-23-36(58-8)44(27(3)62-39)67-40-24-37(59-9)45(28(4)63-40)68-48-43(55)46(60-10)42(54)26(2)64-48/h11-15,21,25-28,32-46,48,53-55,57H,16-20,22-24H2,1-10H3/t25-,26+,27+,28+,32-,33+,34-,35-,36-,37-,38+,39-,40-,41-,42+,43+,44+,45+,46+,48-,49-,50-,51-/m0/s1. The van der Waals surface area contributed by atoms with Gasteiger partial charge in [-0.3, -0.25) is 4.79 Å². The highest BCUT2D eigenvalue weighted by molar-refractivity contribution is 5.89. The zero-order valence-corrected chi connectivity index (χ0v) is 41.3. The van der Waals surface area contributed by atoms with Crippen molar-refractivity contribution in [3.63, 3.8) is 0 Å². The van der Waals surface area contributed by atoms with Crippen molar-refractivity contribution in [3.8, 4) is 0 Å². The summed E-state index contributed by atoms with van der Waals surface area (Å²) in [6.45, 7) is 12.8. The molecule has 7 aliphatic rings. The van der Waals surface area contributed by atoms with Gasteiger partial charge in [0.25, 0.3) is 0 Å². The zero-order chi connectivity index (χ0) is 49.0. The van der Waals surface area contributed by atoms with E-state index in [1.54, 1.807) is 45.4 Å². The fourth-order valence-electron chi connectivity index (χ4n) is 13.7. The van der Waals surface area contributed by atoms with Gasteiger partial charge in [0.15, 0.2) is 18.9 Å². The molecule has 17 nitrogen and oxygen atoms in total. The van der Waals surface area contributed by atoms with Gasteiger partial charge in [-0.05, 0) is 89.7 Å². The van der Waals surface area contributed by atoms with Gasteiger partial charge >= 0.3 is 11.9 Å². The minimum absolute atomic E-state index is 0.228. The summed E-state index contributed by atoms with van der Waals surface area (Å²) in [5.41, 5.74) is -1.44. The molecule has 0 radical (unpaired) electrons. The molecular formula is C51H76O17. The Morgan fingerprint density at radius 3 is 2.01 bits per heavy atom. The number of hydrogen-bond acceptors (Lipinski definition) is 17. The van der Waals surface area contributed by atoms with Gasteiger partial charge in [-0.15, -0.1) is 0 Å². The van der Waals surface area contributed by atoms with Crippen LogP contribution in [0.25, 0.3) is 0 Å². The fourth-order valence-corrected chi connectivity index (χ4v) is 13.7. The molecule has 6 fully saturated rings. The Kier molecular flexibility index (Phi) is 15.6. The van der Waals surface area contributed by atoms with E-state index in [1.807, 2.05) is 39.8 Å². The highest BCUT2D eigenvalue weighted by Crippen LogP contribution is 2.69. The lowest BCUT2D eigenvalue weighted by Gasteiger charge is -2.64. The maximum Gasteiger partial charge on any atom is 0.338 e. The first-order valence-electron chi connectivity index (χ1n) is 24.7. The summed E-state index contributed by atoms with van der Waals surface area (Å²) in [6.07, 6.45) is -5.75. The number of benzene rings is 1. The number of ether oxygens (including phenoxy) is 11. The molecule has 0 amide bonds. The van der Waals surface area contributed by atoms with Crippen molar-refractivity contribution in [2.24, 2.45) is 28.6 Å². The van der Waals surface area contributed by atoms with E-state index in [4.69, 9.17) is 52.1 Å². The molecule has 4 N–H and O–H groups in total. The van der Waals surface area contributed by atoms with Crippen molar-refractivity contribution < 1.29 is 82.1 Å². The molecule has 0 aromatic heterocycles. The molecule has 3 saturated heterocycles. The van der Waals surface area contributed by atoms with Crippen LogP contribution in [0, 0.1) is 28.6 Å². The third-order valence-electron chi connectivity index (χ3n) is 17.4. The molecule has 1 aromatic rings. The average Bonchev–Trinajstić information content (AvgIpc) is 3.59. The highest BCUT2D eigenvalue weighted by atomic mass is 16.8. The summed E-state index contributed by atoms with van der Waals surface area (Å²) < 4.78 is 67.8. The topological polar surface area (TPSA) is 217 Å². The molecule has 0 bridgehead atoms. The van der Waals surface area contributed by atoms with Gasteiger partial charge in [0.1, 0.15) is 42.7 Å². The van der Waals surface area contributed by atoms with Crippen molar-refractivity contribution in [1.29, 1.82) is 0 Å². The van der Waals surface area contributed by atoms with Crippen LogP contribution < -0.4 is 0 Å². The van der Waals surface area contributed by atoms with Crippen LogP contribution in [0.4, 0.5) is 0 Å². The van der Waals surface area contributed by atoms with Gasteiger partial charge in [0, 0.05) is 58.3 Å². The van der Waals surface area contributed by atoms with Gasteiger partial charge in [-0.25, -0.2) is 4.79 Å².